The van der Waals surface area contributed by atoms with Crippen LogP contribution in [0.1, 0.15) is 31.5 Å². The zero-order chi connectivity index (χ0) is 14.4. The van der Waals surface area contributed by atoms with Gasteiger partial charge in [0.05, 0.1) is 0 Å². The van der Waals surface area contributed by atoms with Crippen molar-refractivity contribution in [3.63, 3.8) is 0 Å². The lowest BCUT2D eigenvalue weighted by Crippen LogP contribution is -2.32. The monoisotopic (exact) mass is 266 g/mol. The van der Waals surface area contributed by atoms with Crippen LogP contribution in [-0.2, 0) is 6.42 Å². The van der Waals surface area contributed by atoms with Gasteiger partial charge in [-0.15, -0.1) is 0 Å². The highest BCUT2D eigenvalue weighted by atomic mass is 15.1. The normalized spacial score (nSPS) is 10.8. The molecule has 0 saturated heterocycles. The quantitative estimate of drug-likeness (QED) is 0.903. The molecule has 0 spiro atoms. The van der Waals surface area contributed by atoms with Crippen molar-refractivity contribution in [3.05, 3.63) is 54.0 Å². The number of nitrogens with zero attached hydrogens (tertiary/aromatic N) is 3. The van der Waals surface area contributed by atoms with Gasteiger partial charge >= 0.3 is 0 Å². The van der Waals surface area contributed by atoms with Crippen LogP contribution < -0.4 is 5.32 Å². The molecule has 2 aromatic rings. The van der Waals surface area contributed by atoms with Crippen LogP contribution >= 0.6 is 0 Å². The predicted octanol–water partition coefficient (Wildman–Crippen LogP) is 3.17. The maximum Gasteiger partial charge on any atom is 0.182 e. The summed E-state index contributed by atoms with van der Waals surface area (Å²) in [5.41, 5.74) is 1.49. The van der Waals surface area contributed by atoms with Crippen LogP contribution in [0.4, 0.5) is 5.82 Å². The Balaban J connectivity index is 2.02. The summed E-state index contributed by atoms with van der Waals surface area (Å²) in [5.74, 6) is 0.549. The van der Waals surface area contributed by atoms with Crippen molar-refractivity contribution in [3.8, 4) is 6.07 Å². The fraction of sp³-hybridized carbons (Fsp3) is 0.312. The molecule has 0 atom stereocenters. The molecule has 102 valence electrons. The molecule has 1 heterocycles. The third-order valence-corrected chi connectivity index (χ3v) is 3.14. The van der Waals surface area contributed by atoms with Crippen LogP contribution in [0.25, 0.3) is 0 Å². The Bertz CT molecular complexity index is 599. The first-order chi connectivity index (χ1) is 9.61. The molecule has 0 aliphatic rings. The van der Waals surface area contributed by atoms with Gasteiger partial charge in [0.2, 0.25) is 0 Å². The summed E-state index contributed by atoms with van der Waals surface area (Å²) in [7, 11) is 0. The molecule has 0 saturated carbocycles. The Morgan fingerprint density at radius 1 is 1.15 bits per heavy atom. The Morgan fingerprint density at radius 3 is 2.55 bits per heavy atom. The first-order valence-electron chi connectivity index (χ1n) is 6.64. The minimum atomic E-state index is -0.155. The summed E-state index contributed by atoms with van der Waals surface area (Å²) in [6.07, 6.45) is 5.04. The second kappa shape index (κ2) is 6.16. The van der Waals surface area contributed by atoms with Crippen LogP contribution in [0.3, 0.4) is 0 Å². The van der Waals surface area contributed by atoms with Gasteiger partial charge in [0.15, 0.2) is 11.5 Å². The summed E-state index contributed by atoms with van der Waals surface area (Å²) in [6.45, 7) is 4.21. The van der Waals surface area contributed by atoms with Crippen molar-refractivity contribution >= 4 is 5.82 Å². The lowest BCUT2D eigenvalue weighted by Gasteiger charge is -2.27. The average molecular weight is 266 g/mol. The number of rotatable bonds is 5. The molecule has 0 bridgehead atoms. The van der Waals surface area contributed by atoms with E-state index in [-0.39, 0.29) is 5.54 Å². The number of hydrogen-bond acceptors (Lipinski definition) is 4. The summed E-state index contributed by atoms with van der Waals surface area (Å²) in [5, 5.41) is 12.3. The summed E-state index contributed by atoms with van der Waals surface area (Å²) < 4.78 is 0. The zero-order valence-electron chi connectivity index (χ0n) is 11.8. The fourth-order valence-electron chi connectivity index (χ4n) is 2.00. The molecule has 0 fully saturated rings. The Kier molecular flexibility index (Phi) is 4.31. The van der Waals surface area contributed by atoms with Gasteiger partial charge in [-0.1, -0.05) is 30.3 Å². The van der Waals surface area contributed by atoms with E-state index in [1.807, 2.05) is 18.2 Å². The molecule has 0 unspecified atom stereocenters. The molecule has 0 radical (unpaired) electrons. The highest BCUT2D eigenvalue weighted by Crippen LogP contribution is 2.20. The number of nitrogens with one attached hydrogen (secondary N) is 1. The van der Waals surface area contributed by atoms with Crippen molar-refractivity contribution in [2.24, 2.45) is 0 Å². The molecule has 4 heteroatoms. The standard InChI is InChI=1S/C16H18N4/c1-16(2,9-8-13-6-4-3-5-7-13)20-15-14(12-17)18-10-11-19-15/h3-7,10-11H,8-9H2,1-2H3,(H,19,20). The smallest absolute Gasteiger partial charge is 0.182 e. The first-order valence-corrected chi connectivity index (χ1v) is 6.64. The van der Waals surface area contributed by atoms with E-state index >= 15 is 0 Å². The van der Waals surface area contributed by atoms with Gasteiger partial charge in [-0.25, -0.2) is 9.97 Å². The van der Waals surface area contributed by atoms with Gasteiger partial charge < -0.3 is 5.32 Å². The molecule has 1 aromatic carbocycles. The van der Waals surface area contributed by atoms with E-state index in [4.69, 9.17) is 5.26 Å². The van der Waals surface area contributed by atoms with E-state index in [0.717, 1.165) is 12.8 Å². The largest absolute Gasteiger partial charge is 0.363 e. The summed E-state index contributed by atoms with van der Waals surface area (Å²) in [6, 6.07) is 12.4. The van der Waals surface area contributed by atoms with Crippen molar-refractivity contribution in [2.45, 2.75) is 32.2 Å². The van der Waals surface area contributed by atoms with Crippen molar-refractivity contribution < 1.29 is 0 Å². The van der Waals surface area contributed by atoms with E-state index in [2.05, 4.69) is 47.3 Å². The van der Waals surface area contributed by atoms with Gasteiger partial charge in [0.1, 0.15) is 6.07 Å². The highest BCUT2D eigenvalue weighted by molar-refractivity contribution is 5.48. The van der Waals surface area contributed by atoms with Crippen molar-refractivity contribution in [1.29, 1.82) is 5.26 Å². The second-order valence-electron chi connectivity index (χ2n) is 5.36. The maximum atomic E-state index is 9.03. The van der Waals surface area contributed by atoms with Gasteiger partial charge in [0, 0.05) is 17.9 Å². The number of benzene rings is 1. The molecule has 4 nitrogen and oxygen atoms in total. The van der Waals surface area contributed by atoms with Gasteiger partial charge in [-0.3, -0.25) is 0 Å². The molecular formula is C16H18N4. The molecule has 0 aliphatic carbocycles. The van der Waals surface area contributed by atoms with E-state index in [1.54, 1.807) is 6.20 Å². The van der Waals surface area contributed by atoms with Crippen molar-refractivity contribution in [1.82, 2.24) is 9.97 Å². The Morgan fingerprint density at radius 2 is 1.85 bits per heavy atom. The second-order valence-corrected chi connectivity index (χ2v) is 5.36. The van der Waals surface area contributed by atoms with E-state index < -0.39 is 0 Å². The highest BCUT2D eigenvalue weighted by Gasteiger charge is 2.19. The van der Waals surface area contributed by atoms with E-state index in [9.17, 15) is 0 Å². The zero-order valence-corrected chi connectivity index (χ0v) is 11.8. The fourth-order valence-corrected chi connectivity index (χ4v) is 2.00. The maximum absolute atomic E-state index is 9.03. The molecule has 0 aliphatic heterocycles. The number of aryl methyl sites for hydroxylation is 1. The number of nitriles is 1. The van der Waals surface area contributed by atoms with Gasteiger partial charge in [0.25, 0.3) is 0 Å². The topological polar surface area (TPSA) is 61.6 Å². The SMILES string of the molecule is CC(C)(CCc1ccccc1)Nc1nccnc1C#N. The van der Waals surface area contributed by atoms with E-state index in [0.29, 0.717) is 11.5 Å². The van der Waals surface area contributed by atoms with Gasteiger partial charge in [-0.2, -0.15) is 5.26 Å². The number of hydrogen-bond donors (Lipinski definition) is 1. The lowest BCUT2D eigenvalue weighted by atomic mass is 9.95. The van der Waals surface area contributed by atoms with Crippen LogP contribution in [-0.4, -0.2) is 15.5 Å². The molecule has 1 aromatic heterocycles. The third-order valence-electron chi connectivity index (χ3n) is 3.14. The summed E-state index contributed by atoms with van der Waals surface area (Å²) in [4.78, 5) is 8.21. The van der Waals surface area contributed by atoms with Crippen LogP contribution in [0.2, 0.25) is 0 Å². The van der Waals surface area contributed by atoms with Crippen LogP contribution in [0.15, 0.2) is 42.7 Å². The predicted molar refractivity (Wildman–Crippen MR) is 79.2 cm³/mol. The Hall–Kier alpha value is -2.41. The minimum Gasteiger partial charge on any atom is -0.363 e. The van der Waals surface area contributed by atoms with Crippen LogP contribution in [0, 0.1) is 11.3 Å². The molecular weight excluding hydrogens is 248 g/mol. The first kappa shape index (κ1) is 14.0. The molecule has 1 N–H and O–H groups in total. The number of anilines is 1. The summed E-state index contributed by atoms with van der Waals surface area (Å²) >= 11 is 0. The van der Waals surface area contributed by atoms with Crippen LogP contribution in [0.5, 0.6) is 0 Å². The van der Waals surface area contributed by atoms with Crippen molar-refractivity contribution in [2.75, 3.05) is 5.32 Å². The van der Waals surface area contributed by atoms with E-state index in [1.165, 1.54) is 11.8 Å². The molecule has 0 amide bonds. The molecule has 2 rings (SSSR count). The minimum absolute atomic E-state index is 0.155. The number of aromatic nitrogens is 2. The van der Waals surface area contributed by atoms with Gasteiger partial charge in [-0.05, 0) is 32.3 Å². The molecule has 20 heavy (non-hydrogen) atoms. The Labute approximate surface area is 119 Å². The lowest BCUT2D eigenvalue weighted by molar-refractivity contribution is 0.516. The average Bonchev–Trinajstić information content (AvgIpc) is 2.47. The third kappa shape index (κ3) is 3.79.